The molecule has 0 atom stereocenters. The van der Waals surface area contributed by atoms with Gasteiger partial charge in [0.25, 0.3) is 5.95 Å². The smallest absolute Gasteiger partial charge is 0.265 e. The molecule has 10 heteroatoms. The Morgan fingerprint density at radius 2 is 1.86 bits per heavy atom. The summed E-state index contributed by atoms with van der Waals surface area (Å²) in [6.45, 7) is 2.25. The highest BCUT2D eigenvalue weighted by Gasteiger charge is 2.11. The maximum Gasteiger partial charge on any atom is 0.265 e. The van der Waals surface area contributed by atoms with Crippen molar-refractivity contribution in [1.29, 1.82) is 0 Å². The first-order chi connectivity index (χ1) is 17.0. The molecule has 8 nitrogen and oxygen atoms in total. The highest BCUT2D eigenvalue weighted by atomic mass is 35.5. The van der Waals surface area contributed by atoms with Gasteiger partial charge in [-0.1, -0.05) is 40.9 Å². The van der Waals surface area contributed by atoms with Gasteiger partial charge in [0.2, 0.25) is 0 Å². The molecule has 0 saturated heterocycles. The minimum Gasteiger partial charge on any atom is -0.493 e. The molecule has 0 spiro atoms. The molecule has 0 saturated carbocycles. The van der Waals surface area contributed by atoms with Crippen LogP contribution in [0.2, 0.25) is 10.0 Å². The number of hydrogen-bond acceptors (Lipinski definition) is 7. The van der Waals surface area contributed by atoms with Gasteiger partial charge in [0, 0.05) is 26.5 Å². The Hall–Kier alpha value is -3.88. The van der Waals surface area contributed by atoms with Gasteiger partial charge in [-0.15, -0.1) is 10.2 Å². The normalized spacial score (nSPS) is 11.4. The number of nitrogens with one attached hydrogen (secondary N) is 2. The van der Waals surface area contributed by atoms with Crippen LogP contribution in [0.4, 0.5) is 5.95 Å². The Labute approximate surface area is 210 Å². The minimum atomic E-state index is 0.212. The first-order valence-electron chi connectivity index (χ1n) is 10.7. The van der Waals surface area contributed by atoms with Crippen LogP contribution in [0.15, 0.2) is 59.7 Å². The Morgan fingerprint density at radius 3 is 2.66 bits per heavy atom. The Morgan fingerprint density at radius 1 is 1.03 bits per heavy atom. The maximum absolute atomic E-state index is 6.22. The molecular weight excluding hydrogens is 487 g/mol. The first-order valence-corrected chi connectivity index (χ1v) is 11.4. The number of H-pyrrole nitrogens is 1. The molecule has 2 heterocycles. The zero-order valence-electron chi connectivity index (χ0n) is 18.8. The molecule has 0 bridgehead atoms. The molecule has 0 aliphatic heterocycles. The summed E-state index contributed by atoms with van der Waals surface area (Å²) in [5.41, 5.74) is 7.77. The SMILES string of the molecule is COc1cc(/C=N/Nc2nnc3c(n2)[nH]c2ccc(C)cc23)ccc1OCc1c(Cl)cccc1Cl. The van der Waals surface area contributed by atoms with E-state index in [0.717, 1.165) is 27.5 Å². The van der Waals surface area contributed by atoms with Gasteiger partial charge in [-0.25, -0.2) is 5.43 Å². The van der Waals surface area contributed by atoms with Crippen LogP contribution < -0.4 is 14.9 Å². The van der Waals surface area contributed by atoms with Crippen molar-refractivity contribution in [3.05, 3.63) is 81.3 Å². The van der Waals surface area contributed by atoms with Crippen molar-refractivity contribution in [2.45, 2.75) is 13.5 Å². The van der Waals surface area contributed by atoms with Gasteiger partial charge in [-0.2, -0.15) is 10.1 Å². The van der Waals surface area contributed by atoms with E-state index in [2.05, 4.69) is 36.8 Å². The van der Waals surface area contributed by atoms with Crippen LogP contribution in [0.5, 0.6) is 11.5 Å². The third kappa shape index (κ3) is 4.84. The molecule has 0 fully saturated rings. The van der Waals surface area contributed by atoms with Gasteiger partial charge in [0.05, 0.1) is 13.3 Å². The van der Waals surface area contributed by atoms with Crippen molar-refractivity contribution in [3.8, 4) is 11.5 Å². The lowest BCUT2D eigenvalue weighted by molar-refractivity contribution is 0.284. The van der Waals surface area contributed by atoms with E-state index in [0.29, 0.717) is 32.8 Å². The van der Waals surface area contributed by atoms with E-state index in [9.17, 15) is 0 Å². The number of rotatable bonds is 7. The van der Waals surface area contributed by atoms with Crippen molar-refractivity contribution in [2.24, 2.45) is 5.10 Å². The Balaban J connectivity index is 1.29. The van der Waals surface area contributed by atoms with Gasteiger partial charge in [0.15, 0.2) is 17.1 Å². The third-order valence-electron chi connectivity index (χ3n) is 5.37. The fraction of sp³-hybridized carbons (Fsp3) is 0.120. The second kappa shape index (κ2) is 9.77. The largest absolute Gasteiger partial charge is 0.493 e. The quantitative estimate of drug-likeness (QED) is 0.203. The molecule has 0 unspecified atom stereocenters. The van der Waals surface area contributed by atoms with Crippen LogP contribution >= 0.6 is 23.2 Å². The van der Waals surface area contributed by atoms with Gasteiger partial charge in [-0.05, 0) is 55.0 Å². The number of aromatic amines is 1. The van der Waals surface area contributed by atoms with E-state index in [-0.39, 0.29) is 12.6 Å². The standard InChI is InChI=1S/C25H20Cl2N6O2/c1-14-6-8-20-16(10-14)23-24(29-20)30-25(33-31-23)32-28-12-15-7-9-21(22(11-15)34-2)35-13-17-18(26)4-3-5-19(17)27/h3-12H,13H2,1-2H3,(H2,29,30,32,33)/b28-12+. The summed E-state index contributed by atoms with van der Waals surface area (Å²) in [5.74, 6) is 1.38. The summed E-state index contributed by atoms with van der Waals surface area (Å²) in [7, 11) is 1.57. The molecule has 0 aliphatic rings. The average Bonchev–Trinajstić information content (AvgIpc) is 3.21. The number of fused-ring (bicyclic) bond motifs is 3. The number of hydrazone groups is 1. The van der Waals surface area contributed by atoms with Gasteiger partial charge < -0.3 is 14.5 Å². The van der Waals surface area contributed by atoms with Crippen LogP contribution in [0, 0.1) is 6.92 Å². The zero-order chi connectivity index (χ0) is 24.4. The minimum absolute atomic E-state index is 0.212. The monoisotopic (exact) mass is 506 g/mol. The Bertz CT molecular complexity index is 1550. The predicted octanol–water partition coefficient (Wildman–Crippen LogP) is 6.15. The van der Waals surface area contributed by atoms with Crippen LogP contribution in [0.3, 0.4) is 0 Å². The fourth-order valence-electron chi connectivity index (χ4n) is 3.60. The lowest BCUT2D eigenvalue weighted by Gasteiger charge is -2.13. The molecule has 35 heavy (non-hydrogen) atoms. The number of benzene rings is 3. The van der Waals surface area contributed by atoms with Crippen LogP contribution in [0.25, 0.3) is 22.1 Å². The van der Waals surface area contributed by atoms with E-state index < -0.39 is 0 Å². The third-order valence-corrected chi connectivity index (χ3v) is 6.08. The second-order valence-corrected chi connectivity index (χ2v) is 8.59. The molecule has 0 aliphatic carbocycles. The summed E-state index contributed by atoms with van der Waals surface area (Å²) in [4.78, 5) is 7.72. The number of hydrogen-bond donors (Lipinski definition) is 2. The number of anilines is 1. The van der Waals surface area contributed by atoms with E-state index >= 15 is 0 Å². The molecule has 5 rings (SSSR count). The van der Waals surface area contributed by atoms with E-state index in [1.54, 1.807) is 43.7 Å². The van der Waals surface area contributed by atoms with Gasteiger partial charge in [-0.3, -0.25) is 0 Å². The van der Waals surface area contributed by atoms with Crippen molar-refractivity contribution in [3.63, 3.8) is 0 Å². The van der Waals surface area contributed by atoms with E-state index in [1.807, 2.05) is 25.1 Å². The highest BCUT2D eigenvalue weighted by molar-refractivity contribution is 6.35. The summed E-state index contributed by atoms with van der Waals surface area (Å²) in [6.07, 6.45) is 1.62. The van der Waals surface area contributed by atoms with Crippen LogP contribution in [-0.4, -0.2) is 33.5 Å². The molecule has 0 amide bonds. The highest BCUT2D eigenvalue weighted by Crippen LogP contribution is 2.31. The van der Waals surface area contributed by atoms with Crippen molar-refractivity contribution in [2.75, 3.05) is 12.5 Å². The lowest BCUT2D eigenvalue weighted by atomic mass is 10.2. The van der Waals surface area contributed by atoms with E-state index in [4.69, 9.17) is 32.7 Å². The summed E-state index contributed by atoms with van der Waals surface area (Å²) in [5, 5.41) is 14.7. The summed E-state index contributed by atoms with van der Waals surface area (Å²) >= 11 is 12.4. The zero-order valence-corrected chi connectivity index (χ0v) is 20.4. The molecule has 2 N–H and O–H groups in total. The predicted molar refractivity (Wildman–Crippen MR) is 139 cm³/mol. The van der Waals surface area contributed by atoms with Gasteiger partial charge in [0.1, 0.15) is 12.1 Å². The summed E-state index contributed by atoms with van der Waals surface area (Å²) in [6, 6.07) is 16.9. The van der Waals surface area contributed by atoms with Gasteiger partial charge >= 0.3 is 0 Å². The lowest BCUT2D eigenvalue weighted by Crippen LogP contribution is -2.01. The number of methoxy groups -OCH3 is 1. The molecule has 176 valence electrons. The maximum atomic E-state index is 6.22. The number of ether oxygens (including phenoxy) is 2. The van der Waals surface area contributed by atoms with E-state index in [1.165, 1.54) is 0 Å². The van der Waals surface area contributed by atoms with Crippen molar-refractivity contribution in [1.82, 2.24) is 20.2 Å². The average molecular weight is 507 g/mol. The molecule has 3 aromatic carbocycles. The first kappa shape index (κ1) is 22.9. The second-order valence-electron chi connectivity index (χ2n) is 7.78. The topological polar surface area (TPSA) is 97.3 Å². The van der Waals surface area contributed by atoms with Crippen molar-refractivity contribution < 1.29 is 9.47 Å². The fourth-order valence-corrected chi connectivity index (χ4v) is 4.11. The number of halogens is 2. The van der Waals surface area contributed by atoms with Crippen molar-refractivity contribution >= 4 is 57.4 Å². The summed E-state index contributed by atoms with van der Waals surface area (Å²) < 4.78 is 11.4. The number of nitrogens with zero attached hydrogens (tertiary/aromatic N) is 4. The number of aromatic nitrogens is 4. The molecule has 2 aromatic heterocycles. The van der Waals surface area contributed by atoms with Crippen LogP contribution in [0.1, 0.15) is 16.7 Å². The van der Waals surface area contributed by atoms with Crippen LogP contribution in [-0.2, 0) is 6.61 Å². The molecule has 5 aromatic rings. The Kier molecular flexibility index (Phi) is 6.39. The molecular formula is C25H20Cl2N6O2. The number of aryl methyl sites for hydroxylation is 1. The molecule has 0 radical (unpaired) electrons.